The predicted molar refractivity (Wildman–Crippen MR) is 89.7 cm³/mol. The lowest BCUT2D eigenvalue weighted by molar-refractivity contribution is -0.114. The topological polar surface area (TPSA) is 93.4 Å². The van der Waals surface area contributed by atoms with Crippen molar-refractivity contribution in [1.29, 1.82) is 0 Å². The number of primary amides is 1. The number of nitrogens with two attached hydrogens (primary N) is 1. The number of nitrogens with one attached hydrogen (secondary N) is 2. The van der Waals surface area contributed by atoms with Crippen molar-refractivity contribution in [3.63, 3.8) is 0 Å². The Morgan fingerprint density at radius 3 is 2.65 bits per heavy atom. The number of amides is 2. The molecule has 2 aromatic rings. The third-order valence-electron chi connectivity index (χ3n) is 3.06. The van der Waals surface area contributed by atoms with Crippen LogP contribution in [0.1, 0.15) is 17.3 Å². The second-order valence-electron chi connectivity index (χ2n) is 4.78. The molecule has 0 radical (unpaired) electrons. The van der Waals surface area contributed by atoms with Gasteiger partial charge >= 0.3 is 0 Å². The molecule has 0 aliphatic rings. The smallest absolute Gasteiger partial charge is 0.248 e. The van der Waals surface area contributed by atoms with Crippen LogP contribution in [0.5, 0.6) is 5.75 Å². The number of ether oxygens (including phenoxy) is 1. The first-order valence-electron chi connectivity index (χ1n) is 7.25. The maximum absolute atomic E-state index is 12.0. The first-order valence-corrected chi connectivity index (χ1v) is 7.25. The summed E-state index contributed by atoms with van der Waals surface area (Å²) in [5.74, 6) is -0.0821. The van der Waals surface area contributed by atoms with Crippen LogP contribution in [0, 0.1) is 0 Å². The number of anilines is 2. The molecule has 2 amide bonds. The Labute approximate surface area is 134 Å². The van der Waals surface area contributed by atoms with Gasteiger partial charge in [-0.05, 0) is 37.3 Å². The fraction of sp³-hybridized carbons (Fsp3) is 0.176. The van der Waals surface area contributed by atoms with Crippen LogP contribution in [0.15, 0.2) is 48.5 Å². The van der Waals surface area contributed by atoms with Crippen molar-refractivity contribution in [3.8, 4) is 5.75 Å². The average Bonchev–Trinajstić information content (AvgIpc) is 2.54. The van der Waals surface area contributed by atoms with Crippen molar-refractivity contribution in [3.05, 3.63) is 54.1 Å². The summed E-state index contributed by atoms with van der Waals surface area (Å²) in [5, 5.41) is 5.74. The Bertz CT molecular complexity index is 701. The van der Waals surface area contributed by atoms with E-state index in [1.54, 1.807) is 18.2 Å². The lowest BCUT2D eigenvalue weighted by atomic mass is 10.2. The molecule has 4 N–H and O–H groups in total. The molecule has 6 heteroatoms. The number of rotatable bonds is 7. The first-order chi connectivity index (χ1) is 11.1. The molecule has 6 nitrogen and oxygen atoms in total. The van der Waals surface area contributed by atoms with Gasteiger partial charge in [0.05, 0.1) is 18.8 Å². The van der Waals surface area contributed by atoms with Crippen molar-refractivity contribution in [2.24, 2.45) is 5.73 Å². The number of benzene rings is 2. The maximum Gasteiger partial charge on any atom is 0.248 e. The summed E-state index contributed by atoms with van der Waals surface area (Å²) in [6.45, 7) is 2.52. The van der Waals surface area contributed by atoms with E-state index in [1.807, 2.05) is 31.2 Å². The monoisotopic (exact) mass is 313 g/mol. The zero-order valence-electron chi connectivity index (χ0n) is 12.8. The quantitative estimate of drug-likeness (QED) is 0.730. The molecule has 0 aliphatic heterocycles. The highest BCUT2D eigenvalue weighted by molar-refractivity contribution is 5.97. The van der Waals surface area contributed by atoms with E-state index in [2.05, 4.69) is 10.6 Å². The fourth-order valence-electron chi connectivity index (χ4n) is 2.02. The van der Waals surface area contributed by atoms with Crippen molar-refractivity contribution < 1.29 is 14.3 Å². The molecular weight excluding hydrogens is 294 g/mol. The predicted octanol–water partition coefficient (Wildman–Crippen LogP) is 2.23. The first kappa shape index (κ1) is 16.4. The zero-order chi connectivity index (χ0) is 16.7. The van der Waals surface area contributed by atoms with Crippen molar-refractivity contribution in [2.75, 3.05) is 23.8 Å². The number of carbonyl (C=O) groups excluding carboxylic acids is 2. The van der Waals surface area contributed by atoms with Crippen LogP contribution in [0.25, 0.3) is 0 Å². The second kappa shape index (κ2) is 7.84. The maximum atomic E-state index is 12.0. The number of para-hydroxylation sites is 2. The minimum Gasteiger partial charge on any atom is -0.492 e. The molecule has 0 aromatic heterocycles. The third kappa shape index (κ3) is 4.74. The fourth-order valence-corrected chi connectivity index (χ4v) is 2.02. The van der Waals surface area contributed by atoms with E-state index in [1.165, 1.54) is 6.07 Å². The lowest BCUT2D eigenvalue weighted by Crippen LogP contribution is -2.22. The van der Waals surface area contributed by atoms with Gasteiger partial charge in [-0.25, -0.2) is 0 Å². The van der Waals surface area contributed by atoms with E-state index in [0.29, 0.717) is 23.6 Å². The Morgan fingerprint density at radius 2 is 1.91 bits per heavy atom. The van der Waals surface area contributed by atoms with Crippen LogP contribution in [-0.4, -0.2) is 25.0 Å². The van der Waals surface area contributed by atoms with Crippen LogP contribution in [0.3, 0.4) is 0 Å². The Morgan fingerprint density at radius 1 is 1.13 bits per heavy atom. The highest BCUT2D eigenvalue weighted by Crippen LogP contribution is 2.23. The molecule has 0 fully saturated rings. The summed E-state index contributed by atoms with van der Waals surface area (Å²) in [6.07, 6.45) is 0. The molecule has 0 unspecified atom stereocenters. The SMILES string of the molecule is CCOc1ccccc1NCC(=O)Nc1cccc(C(N)=O)c1. The van der Waals surface area contributed by atoms with Gasteiger partial charge in [0.1, 0.15) is 5.75 Å². The minimum absolute atomic E-state index is 0.0743. The molecule has 0 saturated heterocycles. The summed E-state index contributed by atoms with van der Waals surface area (Å²) >= 11 is 0. The molecule has 23 heavy (non-hydrogen) atoms. The third-order valence-corrected chi connectivity index (χ3v) is 3.06. The molecule has 2 aromatic carbocycles. The average molecular weight is 313 g/mol. The van der Waals surface area contributed by atoms with Gasteiger partial charge in [-0.2, -0.15) is 0 Å². The summed E-state index contributed by atoms with van der Waals surface area (Å²) < 4.78 is 5.48. The minimum atomic E-state index is -0.537. The van der Waals surface area contributed by atoms with Crippen LogP contribution >= 0.6 is 0 Å². The Hall–Kier alpha value is -3.02. The normalized spacial score (nSPS) is 9.96. The Balaban J connectivity index is 1.95. The van der Waals surface area contributed by atoms with Crippen molar-refractivity contribution in [2.45, 2.75) is 6.92 Å². The largest absolute Gasteiger partial charge is 0.492 e. The lowest BCUT2D eigenvalue weighted by Gasteiger charge is -2.12. The molecule has 0 bridgehead atoms. The van der Waals surface area contributed by atoms with Gasteiger partial charge in [-0.1, -0.05) is 18.2 Å². The van der Waals surface area contributed by atoms with Gasteiger partial charge in [-0.15, -0.1) is 0 Å². The van der Waals surface area contributed by atoms with E-state index in [-0.39, 0.29) is 12.5 Å². The van der Waals surface area contributed by atoms with Gasteiger partial charge in [0.25, 0.3) is 0 Å². The van der Waals surface area contributed by atoms with Crippen LogP contribution < -0.4 is 21.1 Å². The summed E-state index contributed by atoms with van der Waals surface area (Å²) in [7, 11) is 0. The summed E-state index contributed by atoms with van der Waals surface area (Å²) in [5.41, 5.74) is 6.83. The van der Waals surface area contributed by atoms with E-state index in [0.717, 1.165) is 5.69 Å². The highest BCUT2D eigenvalue weighted by Gasteiger charge is 2.07. The molecule has 0 heterocycles. The standard InChI is InChI=1S/C17H19N3O3/c1-2-23-15-9-4-3-8-14(15)19-11-16(21)20-13-7-5-6-12(10-13)17(18)22/h3-10,19H,2,11H2,1H3,(H2,18,22)(H,20,21). The molecule has 0 atom stereocenters. The van der Waals surface area contributed by atoms with Gasteiger partial charge in [0, 0.05) is 11.3 Å². The number of hydrogen-bond acceptors (Lipinski definition) is 4. The van der Waals surface area contributed by atoms with Gasteiger partial charge < -0.3 is 21.1 Å². The highest BCUT2D eigenvalue weighted by atomic mass is 16.5. The van der Waals surface area contributed by atoms with Gasteiger partial charge in [-0.3, -0.25) is 9.59 Å². The molecule has 120 valence electrons. The number of hydrogen-bond donors (Lipinski definition) is 3. The van der Waals surface area contributed by atoms with E-state index < -0.39 is 5.91 Å². The van der Waals surface area contributed by atoms with E-state index in [9.17, 15) is 9.59 Å². The van der Waals surface area contributed by atoms with Gasteiger partial charge in [0.2, 0.25) is 11.8 Å². The zero-order valence-corrected chi connectivity index (χ0v) is 12.8. The molecule has 0 saturated carbocycles. The van der Waals surface area contributed by atoms with E-state index in [4.69, 9.17) is 10.5 Å². The van der Waals surface area contributed by atoms with Crippen LogP contribution in [0.4, 0.5) is 11.4 Å². The Kier molecular flexibility index (Phi) is 5.57. The molecule has 0 spiro atoms. The molecule has 0 aliphatic carbocycles. The van der Waals surface area contributed by atoms with Crippen molar-refractivity contribution >= 4 is 23.2 Å². The van der Waals surface area contributed by atoms with Crippen molar-refractivity contribution in [1.82, 2.24) is 0 Å². The van der Waals surface area contributed by atoms with E-state index >= 15 is 0 Å². The van der Waals surface area contributed by atoms with Crippen LogP contribution in [0.2, 0.25) is 0 Å². The summed E-state index contributed by atoms with van der Waals surface area (Å²) in [4.78, 5) is 23.1. The number of carbonyl (C=O) groups is 2. The molecular formula is C17H19N3O3. The molecule has 2 rings (SSSR count). The summed E-state index contributed by atoms with van der Waals surface area (Å²) in [6, 6.07) is 13.9. The van der Waals surface area contributed by atoms with Crippen LogP contribution in [-0.2, 0) is 4.79 Å². The van der Waals surface area contributed by atoms with Gasteiger partial charge in [0.15, 0.2) is 0 Å². The second-order valence-corrected chi connectivity index (χ2v) is 4.78.